The van der Waals surface area contributed by atoms with Gasteiger partial charge in [0.2, 0.25) is 5.95 Å². The molecule has 0 amide bonds. The van der Waals surface area contributed by atoms with Gasteiger partial charge in [-0.15, -0.1) is 0 Å². The Labute approximate surface area is 154 Å². The maximum Gasteiger partial charge on any atom is 0.336 e. The average Bonchev–Trinajstić information content (AvgIpc) is 3.27. The first kappa shape index (κ1) is 16.6. The second-order valence-electron chi connectivity index (χ2n) is 5.91. The SMILES string of the molecule is Cn1c(N/N=C\c2ccc(-c3ccccc3C(=O)O)o2)nc2ccccc21. The molecule has 2 heterocycles. The van der Waals surface area contributed by atoms with Gasteiger partial charge in [-0.25, -0.2) is 15.2 Å². The average molecular weight is 360 g/mol. The maximum atomic E-state index is 11.3. The highest BCUT2D eigenvalue weighted by Gasteiger charge is 2.13. The van der Waals surface area contributed by atoms with Crippen LogP contribution in [0.1, 0.15) is 16.1 Å². The van der Waals surface area contributed by atoms with Crippen LogP contribution in [0.25, 0.3) is 22.4 Å². The third-order valence-corrected chi connectivity index (χ3v) is 4.19. The van der Waals surface area contributed by atoms with E-state index in [-0.39, 0.29) is 5.56 Å². The van der Waals surface area contributed by atoms with E-state index in [1.165, 1.54) is 6.21 Å². The van der Waals surface area contributed by atoms with Crippen LogP contribution in [0.3, 0.4) is 0 Å². The van der Waals surface area contributed by atoms with Crippen LogP contribution in [0.2, 0.25) is 0 Å². The summed E-state index contributed by atoms with van der Waals surface area (Å²) in [5, 5.41) is 13.5. The van der Waals surface area contributed by atoms with Crippen LogP contribution >= 0.6 is 0 Å². The molecule has 2 aromatic heterocycles. The van der Waals surface area contributed by atoms with Crippen molar-refractivity contribution in [2.24, 2.45) is 12.1 Å². The standard InChI is InChI=1S/C20H16N4O3/c1-24-17-9-5-4-8-16(17)22-20(24)23-21-12-13-10-11-18(27-13)14-6-2-3-7-15(14)19(25)26/h2-12H,1H3,(H,22,23)(H,25,26)/b21-12-. The zero-order valence-electron chi connectivity index (χ0n) is 14.5. The fourth-order valence-electron chi connectivity index (χ4n) is 2.85. The van der Waals surface area contributed by atoms with Crippen molar-refractivity contribution in [3.63, 3.8) is 0 Å². The molecule has 134 valence electrons. The molecule has 4 rings (SSSR count). The number of rotatable bonds is 5. The summed E-state index contributed by atoms with van der Waals surface area (Å²) in [6.45, 7) is 0. The first-order chi connectivity index (χ1) is 13.1. The quantitative estimate of drug-likeness (QED) is 0.415. The first-order valence-corrected chi connectivity index (χ1v) is 8.26. The van der Waals surface area contributed by atoms with Gasteiger partial charge in [0.25, 0.3) is 0 Å². The van der Waals surface area contributed by atoms with Crippen molar-refractivity contribution in [2.45, 2.75) is 0 Å². The number of furan rings is 1. The summed E-state index contributed by atoms with van der Waals surface area (Å²) in [7, 11) is 1.90. The Bertz CT molecular complexity index is 1160. The van der Waals surface area contributed by atoms with Crippen molar-refractivity contribution in [2.75, 3.05) is 5.43 Å². The Kier molecular flexibility index (Phi) is 4.18. The van der Waals surface area contributed by atoms with Crippen LogP contribution in [-0.2, 0) is 7.05 Å². The van der Waals surface area contributed by atoms with Gasteiger partial charge >= 0.3 is 5.97 Å². The number of carboxylic acids is 1. The summed E-state index contributed by atoms with van der Waals surface area (Å²) < 4.78 is 7.61. The van der Waals surface area contributed by atoms with Gasteiger partial charge in [0.05, 0.1) is 22.8 Å². The molecule has 0 aliphatic carbocycles. The van der Waals surface area contributed by atoms with Gasteiger partial charge in [-0.3, -0.25) is 0 Å². The lowest BCUT2D eigenvalue weighted by atomic mass is 10.1. The van der Waals surface area contributed by atoms with E-state index >= 15 is 0 Å². The monoisotopic (exact) mass is 360 g/mol. The molecule has 0 atom stereocenters. The predicted octanol–water partition coefficient (Wildman–Crippen LogP) is 3.98. The summed E-state index contributed by atoms with van der Waals surface area (Å²) in [5.41, 5.74) is 5.48. The third-order valence-electron chi connectivity index (χ3n) is 4.19. The molecule has 0 bridgehead atoms. The molecule has 0 radical (unpaired) electrons. The van der Waals surface area contributed by atoms with E-state index in [0.717, 1.165) is 11.0 Å². The maximum absolute atomic E-state index is 11.3. The number of para-hydroxylation sites is 2. The number of benzene rings is 2. The number of nitrogens with one attached hydrogen (secondary N) is 1. The van der Waals surface area contributed by atoms with Gasteiger partial charge in [-0.1, -0.05) is 30.3 Å². The van der Waals surface area contributed by atoms with E-state index in [4.69, 9.17) is 4.42 Å². The molecule has 0 aliphatic heterocycles. The highest BCUT2D eigenvalue weighted by atomic mass is 16.4. The number of carbonyl (C=O) groups is 1. The second-order valence-corrected chi connectivity index (χ2v) is 5.91. The third kappa shape index (κ3) is 3.18. The zero-order valence-corrected chi connectivity index (χ0v) is 14.5. The molecule has 0 aliphatic rings. The molecule has 0 spiro atoms. The van der Waals surface area contributed by atoms with Crippen LogP contribution < -0.4 is 5.43 Å². The molecule has 2 N–H and O–H groups in total. The number of hydrazone groups is 1. The van der Waals surface area contributed by atoms with E-state index in [1.54, 1.807) is 36.4 Å². The first-order valence-electron chi connectivity index (χ1n) is 8.26. The Hall–Kier alpha value is -3.87. The van der Waals surface area contributed by atoms with E-state index in [9.17, 15) is 9.90 Å². The van der Waals surface area contributed by atoms with Crippen LogP contribution in [-0.4, -0.2) is 26.8 Å². The van der Waals surface area contributed by atoms with E-state index in [2.05, 4.69) is 15.5 Å². The molecule has 27 heavy (non-hydrogen) atoms. The Balaban J connectivity index is 1.54. The van der Waals surface area contributed by atoms with Gasteiger partial charge in [-0.2, -0.15) is 5.10 Å². The number of aryl methyl sites for hydroxylation is 1. The van der Waals surface area contributed by atoms with Crippen molar-refractivity contribution >= 4 is 29.2 Å². The molecule has 0 saturated carbocycles. The number of fused-ring (bicyclic) bond motifs is 1. The van der Waals surface area contributed by atoms with E-state index < -0.39 is 5.97 Å². The number of anilines is 1. The van der Waals surface area contributed by atoms with E-state index in [0.29, 0.717) is 23.0 Å². The molecule has 2 aromatic carbocycles. The van der Waals surface area contributed by atoms with Gasteiger partial charge in [0.15, 0.2) is 0 Å². The Morgan fingerprint density at radius 2 is 1.93 bits per heavy atom. The topological polar surface area (TPSA) is 92.7 Å². The molecule has 0 fully saturated rings. The number of hydrogen-bond donors (Lipinski definition) is 2. The van der Waals surface area contributed by atoms with Crippen LogP contribution in [0.4, 0.5) is 5.95 Å². The van der Waals surface area contributed by atoms with Crippen molar-refractivity contribution in [1.29, 1.82) is 0 Å². The fraction of sp³-hybridized carbons (Fsp3) is 0.0500. The number of carboxylic acid groups (broad SMARTS) is 1. The van der Waals surface area contributed by atoms with Gasteiger partial charge in [0.1, 0.15) is 11.5 Å². The number of aromatic nitrogens is 2. The van der Waals surface area contributed by atoms with Crippen LogP contribution in [0.5, 0.6) is 0 Å². The van der Waals surface area contributed by atoms with Crippen molar-refractivity contribution in [3.8, 4) is 11.3 Å². The highest BCUT2D eigenvalue weighted by molar-refractivity contribution is 5.95. The molecule has 7 nitrogen and oxygen atoms in total. The molecule has 4 aromatic rings. The highest BCUT2D eigenvalue weighted by Crippen LogP contribution is 2.25. The minimum absolute atomic E-state index is 0.188. The van der Waals surface area contributed by atoms with Crippen LogP contribution in [0, 0.1) is 0 Å². The molecule has 0 saturated heterocycles. The minimum Gasteiger partial charge on any atom is -0.478 e. The molecule has 7 heteroatoms. The second kappa shape index (κ2) is 6.80. The number of nitrogens with zero attached hydrogens (tertiary/aromatic N) is 3. The predicted molar refractivity (Wildman–Crippen MR) is 103 cm³/mol. The van der Waals surface area contributed by atoms with Gasteiger partial charge < -0.3 is 14.1 Å². The number of aromatic carboxylic acids is 1. The number of hydrogen-bond acceptors (Lipinski definition) is 5. The van der Waals surface area contributed by atoms with Gasteiger partial charge in [-0.05, 0) is 30.3 Å². The van der Waals surface area contributed by atoms with Crippen molar-refractivity contribution in [1.82, 2.24) is 9.55 Å². The summed E-state index contributed by atoms with van der Waals surface area (Å²) in [4.78, 5) is 15.8. The lowest BCUT2D eigenvalue weighted by molar-refractivity contribution is 0.0697. The number of imidazole rings is 1. The van der Waals surface area contributed by atoms with Gasteiger partial charge in [0, 0.05) is 12.6 Å². The summed E-state index contributed by atoms with van der Waals surface area (Å²) in [6.07, 6.45) is 1.52. The largest absolute Gasteiger partial charge is 0.478 e. The molecular formula is C20H16N4O3. The summed E-state index contributed by atoms with van der Waals surface area (Å²) in [5.74, 6) is 0.574. The normalized spacial score (nSPS) is 11.3. The summed E-state index contributed by atoms with van der Waals surface area (Å²) >= 11 is 0. The molecular weight excluding hydrogens is 344 g/mol. The zero-order chi connectivity index (χ0) is 18.8. The molecule has 0 unspecified atom stereocenters. The van der Waals surface area contributed by atoms with Crippen molar-refractivity contribution in [3.05, 3.63) is 72.0 Å². The van der Waals surface area contributed by atoms with Crippen LogP contribution in [0.15, 0.2) is 70.2 Å². The minimum atomic E-state index is -0.999. The van der Waals surface area contributed by atoms with E-state index in [1.807, 2.05) is 35.9 Å². The fourth-order valence-corrected chi connectivity index (χ4v) is 2.85. The smallest absolute Gasteiger partial charge is 0.336 e. The van der Waals surface area contributed by atoms with Crippen molar-refractivity contribution < 1.29 is 14.3 Å². The lowest BCUT2D eigenvalue weighted by Gasteiger charge is -2.02. The Morgan fingerprint density at radius 3 is 2.74 bits per heavy atom. The summed E-state index contributed by atoms with van der Waals surface area (Å²) in [6, 6.07) is 18.0. The lowest BCUT2D eigenvalue weighted by Crippen LogP contribution is -1.98. The Morgan fingerprint density at radius 1 is 1.15 bits per heavy atom.